The van der Waals surface area contributed by atoms with E-state index < -0.39 is 9.84 Å². The van der Waals surface area contributed by atoms with Crippen molar-refractivity contribution in [3.63, 3.8) is 0 Å². The fourth-order valence-electron chi connectivity index (χ4n) is 1.18. The molecule has 0 heterocycles. The topological polar surface area (TPSA) is 46.2 Å². The number of alkyl halides is 1. The van der Waals surface area contributed by atoms with E-state index in [2.05, 4.69) is 5.32 Å². The third kappa shape index (κ3) is 2.93. The van der Waals surface area contributed by atoms with Gasteiger partial charge < -0.3 is 5.32 Å². The number of nitrogens with one attached hydrogen (secondary N) is 1. The lowest BCUT2D eigenvalue weighted by molar-refractivity contribution is 0.597. The van der Waals surface area contributed by atoms with Gasteiger partial charge in [-0.3, -0.25) is 0 Å². The van der Waals surface area contributed by atoms with Crippen molar-refractivity contribution >= 4 is 21.4 Å². The van der Waals surface area contributed by atoms with Gasteiger partial charge in [-0.1, -0.05) is 19.1 Å². The van der Waals surface area contributed by atoms with Crippen molar-refractivity contribution in [2.24, 2.45) is 0 Å². The standard InChI is InChI=1S/C10H14ClNO2S/c1-3-15(13,14)9-6-4-8(5-7-9)10(11)12-2/h4-7,10,12H,3H2,1-2H3. The Bertz CT molecular complexity index is 414. The molecule has 84 valence electrons. The molecule has 1 N–H and O–H groups in total. The first-order valence-corrected chi connectivity index (χ1v) is 6.74. The van der Waals surface area contributed by atoms with Crippen LogP contribution in [0.3, 0.4) is 0 Å². The van der Waals surface area contributed by atoms with Crippen molar-refractivity contribution in [2.75, 3.05) is 12.8 Å². The molecule has 0 amide bonds. The van der Waals surface area contributed by atoms with Crippen molar-refractivity contribution in [3.8, 4) is 0 Å². The maximum absolute atomic E-state index is 11.5. The number of hydrogen-bond donors (Lipinski definition) is 1. The molecule has 1 atom stereocenters. The van der Waals surface area contributed by atoms with E-state index >= 15 is 0 Å². The fraction of sp³-hybridized carbons (Fsp3) is 0.400. The second kappa shape index (κ2) is 4.96. The van der Waals surface area contributed by atoms with Crippen LogP contribution in [0.25, 0.3) is 0 Å². The number of sulfone groups is 1. The van der Waals surface area contributed by atoms with Gasteiger partial charge in [0.2, 0.25) is 0 Å². The van der Waals surface area contributed by atoms with Gasteiger partial charge in [0.05, 0.1) is 10.6 Å². The molecule has 0 bridgehead atoms. The summed E-state index contributed by atoms with van der Waals surface area (Å²) in [6, 6.07) is 6.61. The monoisotopic (exact) mass is 247 g/mol. The van der Waals surface area contributed by atoms with Crippen LogP contribution in [-0.4, -0.2) is 21.2 Å². The highest BCUT2D eigenvalue weighted by atomic mass is 35.5. The Labute approximate surface area is 95.4 Å². The predicted molar refractivity (Wildman–Crippen MR) is 61.8 cm³/mol. The molecular weight excluding hydrogens is 234 g/mol. The highest BCUT2D eigenvalue weighted by Gasteiger charge is 2.12. The van der Waals surface area contributed by atoms with Gasteiger partial charge >= 0.3 is 0 Å². The fourth-order valence-corrected chi connectivity index (χ4v) is 2.21. The van der Waals surface area contributed by atoms with Gasteiger partial charge in [-0.2, -0.15) is 0 Å². The van der Waals surface area contributed by atoms with Crippen LogP contribution in [0.4, 0.5) is 0 Å². The summed E-state index contributed by atoms with van der Waals surface area (Å²) in [5, 5.41) is 2.87. The van der Waals surface area contributed by atoms with Gasteiger partial charge in [0, 0.05) is 0 Å². The summed E-state index contributed by atoms with van der Waals surface area (Å²) in [6.45, 7) is 1.63. The summed E-state index contributed by atoms with van der Waals surface area (Å²) >= 11 is 5.93. The Kier molecular flexibility index (Phi) is 4.13. The second-order valence-electron chi connectivity index (χ2n) is 3.12. The van der Waals surface area contributed by atoms with Crippen molar-refractivity contribution < 1.29 is 8.42 Å². The highest BCUT2D eigenvalue weighted by Crippen LogP contribution is 2.19. The smallest absolute Gasteiger partial charge is 0.178 e. The molecule has 0 aliphatic heterocycles. The van der Waals surface area contributed by atoms with E-state index in [1.54, 1.807) is 38.2 Å². The molecule has 0 spiro atoms. The minimum Gasteiger partial charge on any atom is -0.301 e. The average Bonchev–Trinajstić information content (AvgIpc) is 2.28. The number of rotatable bonds is 4. The molecule has 5 heteroatoms. The van der Waals surface area contributed by atoms with Crippen molar-refractivity contribution in [3.05, 3.63) is 29.8 Å². The maximum atomic E-state index is 11.5. The molecule has 0 aliphatic rings. The molecule has 0 radical (unpaired) electrons. The quantitative estimate of drug-likeness (QED) is 0.653. The van der Waals surface area contributed by atoms with Gasteiger partial charge in [-0.15, -0.1) is 11.6 Å². The molecule has 0 saturated carbocycles. The molecule has 1 aromatic rings. The lowest BCUT2D eigenvalue weighted by Crippen LogP contribution is -2.10. The zero-order chi connectivity index (χ0) is 11.5. The van der Waals surface area contributed by atoms with Gasteiger partial charge in [0.1, 0.15) is 5.50 Å². The number of hydrogen-bond acceptors (Lipinski definition) is 3. The third-order valence-corrected chi connectivity index (χ3v) is 4.39. The van der Waals surface area contributed by atoms with E-state index in [1.807, 2.05) is 0 Å². The Hall–Kier alpha value is -0.580. The summed E-state index contributed by atoms with van der Waals surface area (Å²) in [4.78, 5) is 0.341. The summed E-state index contributed by atoms with van der Waals surface area (Å²) in [5.41, 5.74) is 0.567. The molecule has 0 fully saturated rings. The predicted octanol–water partition coefficient (Wildman–Crippen LogP) is 1.94. The summed E-state index contributed by atoms with van der Waals surface area (Å²) in [7, 11) is -1.37. The van der Waals surface area contributed by atoms with Crippen molar-refractivity contribution in [2.45, 2.75) is 17.3 Å². The van der Waals surface area contributed by atoms with Gasteiger partial charge in [0.25, 0.3) is 0 Å². The molecular formula is C10H14ClNO2S. The number of halogens is 1. The lowest BCUT2D eigenvalue weighted by Gasteiger charge is -2.08. The van der Waals surface area contributed by atoms with Crippen LogP contribution in [0.1, 0.15) is 18.0 Å². The molecule has 15 heavy (non-hydrogen) atoms. The Morgan fingerprint density at radius 1 is 1.33 bits per heavy atom. The van der Waals surface area contributed by atoms with E-state index in [4.69, 9.17) is 11.6 Å². The highest BCUT2D eigenvalue weighted by molar-refractivity contribution is 7.91. The molecule has 1 aromatic carbocycles. The molecule has 1 rings (SSSR count). The third-order valence-electron chi connectivity index (χ3n) is 2.17. The van der Waals surface area contributed by atoms with Crippen LogP contribution in [-0.2, 0) is 9.84 Å². The van der Waals surface area contributed by atoms with Gasteiger partial charge in [0.15, 0.2) is 9.84 Å². The van der Waals surface area contributed by atoms with E-state index in [1.165, 1.54) is 0 Å². The minimum atomic E-state index is -3.11. The lowest BCUT2D eigenvalue weighted by atomic mass is 10.2. The zero-order valence-corrected chi connectivity index (χ0v) is 10.3. The SMILES string of the molecule is CCS(=O)(=O)c1ccc(C(Cl)NC)cc1. The molecule has 0 aliphatic carbocycles. The van der Waals surface area contributed by atoms with E-state index in [0.717, 1.165) is 5.56 Å². The van der Waals surface area contributed by atoms with Crippen LogP contribution < -0.4 is 5.32 Å². The van der Waals surface area contributed by atoms with E-state index in [0.29, 0.717) is 4.90 Å². The van der Waals surface area contributed by atoms with E-state index in [-0.39, 0.29) is 11.3 Å². The zero-order valence-electron chi connectivity index (χ0n) is 8.70. The van der Waals surface area contributed by atoms with Crippen molar-refractivity contribution in [1.82, 2.24) is 5.32 Å². The first-order chi connectivity index (χ1) is 7.01. The van der Waals surface area contributed by atoms with Crippen LogP contribution in [0, 0.1) is 0 Å². The summed E-state index contributed by atoms with van der Waals surface area (Å²) in [6.07, 6.45) is 0. The van der Waals surface area contributed by atoms with Crippen LogP contribution in [0.2, 0.25) is 0 Å². The van der Waals surface area contributed by atoms with Crippen LogP contribution >= 0.6 is 11.6 Å². The molecule has 3 nitrogen and oxygen atoms in total. The molecule has 0 aromatic heterocycles. The first-order valence-electron chi connectivity index (χ1n) is 4.65. The van der Waals surface area contributed by atoms with E-state index in [9.17, 15) is 8.42 Å². The largest absolute Gasteiger partial charge is 0.301 e. The maximum Gasteiger partial charge on any atom is 0.178 e. The Balaban J connectivity index is 3.00. The Morgan fingerprint density at radius 2 is 1.87 bits per heavy atom. The van der Waals surface area contributed by atoms with Crippen molar-refractivity contribution in [1.29, 1.82) is 0 Å². The minimum absolute atomic E-state index is 0.114. The molecule has 1 unspecified atom stereocenters. The normalized spacial score (nSPS) is 13.8. The summed E-state index contributed by atoms with van der Waals surface area (Å²) in [5.74, 6) is 0.114. The van der Waals surface area contributed by atoms with Gasteiger partial charge in [-0.25, -0.2) is 8.42 Å². The average molecular weight is 248 g/mol. The number of benzene rings is 1. The summed E-state index contributed by atoms with van der Waals surface area (Å²) < 4.78 is 23.0. The Morgan fingerprint density at radius 3 is 2.27 bits per heavy atom. The van der Waals surface area contributed by atoms with Crippen LogP contribution in [0.15, 0.2) is 29.2 Å². The molecule has 0 saturated heterocycles. The first kappa shape index (κ1) is 12.5. The second-order valence-corrected chi connectivity index (χ2v) is 5.84. The van der Waals surface area contributed by atoms with Gasteiger partial charge in [-0.05, 0) is 24.7 Å². The van der Waals surface area contributed by atoms with Crippen LogP contribution in [0.5, 0.6) is 0 Å².